The van der Waals surface area contributed by atoms with Gasteiger partial charge in [0.15, 0.2) is 0 Å². The molecule has 0 fully saturated rings. The molecule has 1 heterocycles. The minimum absolute atomic E-state index is 0.256. The summed E-state index contributed by atoms with van der Waals surface area (Å²) in [6.07, 6.45) is 3.81. The third-order valence-corrected chi connectivity index (χ3v) is 3.40. The molecule has 4 nitrogen and oxygen atoms in total. The lowest BCUT2D eigenvalue weighted by Crippen LogP contribution is -2.16. The van der Waals surface area contributed by atoms with Gasteiger partial charge in [0, 0.05) is 19.2 Å². The fourth-order valence-electron chi connectivity index (χ4n) is 2.08. The molecule has 1 unspecified atom stereocenters. The molecular formula is C15H24N2O2. The average molecular weight is 264 g/mol. The maximum Gasteiger partial charge on any atom is 0.303 e. The van der Waals surface area contributed by atoms with E-state index >= 15 is 0 Å². The van der Waals surface area contributed by atoms with Gasteiger partial charge in [0.1, 0.15) is 5.82 Å². The van der Waals surface area contributed by atoms with E-state index in [-0.39, 0.29) is 6.42 Å². The Morgan fingerprint density at radius 3 is 2.63 bits per heavy atom. The van der Waals surface area contributed by atoms with Crippen molar-refractivity contribution in [2.45, 2.75) is 40.0 Å². The minimum Gasteiger partial charge on any atom is -0.481 e. The smallest absolute Gasteiger partial charge is 0.303 e. The number of carboxylic acid groups (broad SMARTS) is 1. The van der Waals surface area contributed by atoms with E-state index in [0.717, 1.165) is 30.8 Å². The quantitative estimate of drug-likeness (QED) is 0.756. The van der Waals surface area contributed by atoms with Gasteiger partial charge in [0.2, 0.25) is 0 Å². The minimum atomic E-state index is -0.709. The Morgan fingerprint density at radius 2 is 2.11 bits per heavy atom. The second-order valence-electron chi connectivity index (χ2n) is 5.37. The maximum absolute atomic E-state index is 10.6. The van der Waals surface area contributed by atoms with Gasteiger partial charge in [0.25, 0.3) is 0 Å². The number of rotatable bonds is 8. The van der Waals surface area contributed by atoms with E-state index in [4.69, 9.17) is 5.11 Å². The molecule has 0 amide bonds. The lowest BCUT2D eigenvalue weighted by atomic mass is 9.88. The number of nitrogens with one attached hydrogen (secondary N) is 1. The van der Waals surface area contributed by atoms with Crippen molar-refractivity contribution < 1.29 is 9.90 Å². The summed E-state index contributed by atoms with van der Waals surface area (Å²) in [5.41, 5.74) is 1.15. The first kappa shape index (κ1) is 15.5. The first-order valence-corrected chi connectivity index (χ1v) is 6.87. The molecule has 0 bridgehead atoms. The van der Waals surface area contributed by atoms with Crippen LogP contribution in [-0.2, 0) is 4.79 Å². The molecule has 0 radical (unpaired) electrons. The van der Waals surface area contributed by atoms with Gasteiger partial charge in [0.05, 0.1) is 0 Å². The van der Waals surface area contributed by atoms with Crippen LogP contribution < -0.4 is 5.32 Å². The van der Waals surface area contributed by atoms with Gasteiger partial charge in [-0.2, -0.15) is 0 Å². The Labute approximate surface area is 115 Å². The third kappa shape index (κ3) is 6.22. The predicted octanol–water partition coefficient (Wildman–Crippen LogP) is 3.33. The second kappa shape index (κ2) is 7.77. The Hall–Kier alpha value is -1.58. The van der Waals surface area contributed by atoms with E-state index < -0.39 is 5.97 Å². The van der Waals surface area contributed by atoms with Crippen LogP contribution in [0.5, 0.6) is 0 Å². The molecule has 0 aromatic carbocycles. The van der Waals surface area contributed by atoms with Gasteiger partial charge in [-0.1, -0.05) is 19.9 Å². The molecule has 0 aliphatic rings. The molecule has 0 aliphatic carbocycles. The topological polar surface area (TPSA) is 62.2 Å². The zero-order chi connectivity index (χ0) is 14.3. The molecule has 106 valence electrons. The predicted molar refractivity (Wildman–Crippen MR) is 77.3 cm³/mol. The van der Waals surface area contributed by atoms with Crippen molar-refractivity contribution in [3.05, 3.63) is 23.9 Å². The van der Waals surface area contributed by atoms with Crippen molar-refractivity contribution in [1.82, 2.24) is 4.98 Å². The Bertz CT molecular complexity index is 388. The summed E-state index contributed by atoms with van der Waals surface area (Å²) in [5, 5.41) is 12.0. The average Bonchev–Trinajstić information content (AvgIpc) is 2.35. The highest BCUT2D eigenvalue weighted by atomic mass is 16.4. The van der Waals surface area contributed by atoms with E-state index in [1.165, 1.54) is 0 Å². The van der Waals surface area contributed by atoms with Gasteiger partial charge in [-0.25, -0.2) is 4.98 Å². The summed E-state index contributed by atoms with van der Waals surface area (Å²) >= 11 is 0. The fraction of sp³-hybridized carbons (Fsp3) is 0.600. The maximum atomic E-state index is 10.6. The Morgan fingerprint density at radius 1 is 1.37 bits per heavy atom. The molecule has 1 aromatic heterocycles. The van der Waals surface area contributed by atoms with Crippen molar-refractivity contribution in [2.24, 2.45) is 11.8 Å². The summed E-state index contributed by atoms with van der Waals surface area (Å²) in [7, 11) is 0. The number of carbonyl (C=O) groups is 1. The van der Waals surface area contributed by atoms with Crippen molar-refractivity contribution in [3.8, 4) is 0 Å². The Kier molecular flexibility index (Phi) is 6.33. The van der Waals surface area contributed by atoms with Crippen molar-refractivity contribution in [3.63, 3.8) is 0 Å². The van der Waals surface area contributed by atoms with Crippen LogP contribution in [0.1, 0.15) is 38.7 Å². The lowest BCUT2D eigenvalue weighted by molar-refractivity contribution is -0.137. The van der Waals surface area contributed by atoms with Gasteiger partial charge < -0.3 is 10.4 Å². The molecule has 19 heavy (non-hydrogen) atoms. The number of nitrogens with zero attached hydrogens (tertiary/aromatic N) is 1. The van der Waals surface area contributed by atoms with Crippen LogP contribution in [0.4, 0.5) is 5.82 Å². The highest BCUT2D eigenvalue weighted by Gasteiger charge is 2.14. The number of hydrogen-bond donors (Lipinski definition) is 2. The molecule has 0 saturated heterocycles. The zero-order valence-corrected chi connectivity index (χ0v) is 12.0. The molecule has 1 rings (SSSR count). The SMILES string of the molecule is Cc1ccc(NCCC(CCC(=O)O)C(C)C)nc1. The van der Waals surface area contributed by atoms with Gasteiger partial charge >= 0.3 is 5.97 Å². The van der Waals surface area contributed by atoms with Gasteiger partial charge in [-0.15, -0.1) is 0 Å². The first-order valence-electron chi connectivity index (χ1n) is 6.87. The standard InChI is InChI=1S/C15H24N2O2/c1-11(2)13(5-7-15(18)19)8-9-16-14-6-4-12(3)10-17-14/h4,6,10-11,13H,5,7-9H2,1-3H3,(H,16,17)(H,18,19). The van der Waals surface area contributed by atoms with Crippen LogP contribution in [0.15, 0.2) is 18.3 Å². The van der Waals surface area contributed by atoms with Crippen LogP contribution >= 0.6 is 0 Å². The molecule has 1 aromatic rings. The van der Waals surface area contributed by atoms with E-state index in [2.05, 4.69) is 24.1 Å². The first-order chi connectivity index (χ1) is 8.99. The zero-order valence-electron chi connectivity index (χ0n) is 12.0. The number of aliphatic carboxylic acids is 1. The van der Waals surface area contributed by atoms with Crippen LogP contribution in [0.25, 0.3) is 0 Å². The van der Waals surface area contributed by atoms with Crippen LogP contribution in [-0.4, -0.2) is 22.6 Å². The largest absolute Gasteiger partial charge is 0.481 e. The molecular weight excluding hydrogens is 240 g/mol. The van der Waals surface area contributed by atoms with E-state index in [1.54, 1.807) is 0 Å². The van der Waals surface area contributed by atoms with E-state index in [9.17, 15) is 4.79 Å². The van der Waals surface area contributed by atoms with Gasteiger partial charge in [-0.05, 0) is 43.2 Å². The van der Waals surface area contributed by atoms with Crippen LogP contribution in [0.3, 0.4) is 0 Å². The normalized spacial score (nSPS) is 12.4. The monoisotopic (exact) mass is 264 g/mol. The molecule has 4 heteroatoms. The number of anilines is 1. The summed E-state index contributed by atoms with van der Waals surface area (Å²) < 4.78 is 0. The molecule has 0 saturated carbocycles. The van der Waals surface area contributed by atoms with Crippen molar-refractivity contribution >= 4 is 11.8 Å². The molecule has 0 aliphatic heterocycles. The summed E-state index contributed by atoms with van der Waals surface area (Å²) in [5.74, 6) is 1.12. The second-order valence-corrected chi connectivity index (χ2v) is 5.37. The number of carboxylic acids is 1. The highest BCUT2D eigenvalue weighted by Crippen LogP contribution is 2.21. The number of aryl methyl sites for hydroxylation is 1. The number of pyridine rings is 1. The highest BCUT2D eigenvalue weighted by molar-refractivity contribution is 5.66. The van der Waals surface area contributed by atoms with Crippen molar-refractivity contribution in [1.29, 1.82) is 0 Å². The third-order valence-electron chi connectivity index (χ3n) is 3.40. The fourth-order valence-corrected chi connectivity index (χ4v) is 2.08. The van der Waals surface area contributed by atoms with E-state index in [0.29, 0.717) is 11.8 Å². The lowest BCUT2D eigenvalue weighted by Gasteiger charge is -2.20. The summed E-state index contributed by atoms with van der Waals surface area (Å²) in [6, 6.07) is 4.00. The molecule has 0 spiro atoms. The van der Waals surface area contributed by atoms with Gasteiger partial charge in [-0.3, -0.25) is 4.79 Å². The Balaban J connectivity index is 2.35. The molecule has 2 N–H and O–H groups in total. The number of hydrogen-bond acceptors (Lipinski definition) is 3. The van der Waals surface area contributed by atoms with Crippen molar-refractivity contribution in [2.75, 3.05) is 11.9 Å². The summed E-state index contributed by atoms with van der Waals surface area (Å²) in [4.78, 5) is 14.9. The summed E-state index contributed by atoms with van der Waals surface area (Å²) in [6.45, 7) is 7.14. The molecule has 1 atom stereocenters. The van der Waals surface area contributed by atoms with Crippen LogP contribution in [0, 0.1) is 18.8 Å². The van der Waals surface area contributed by atoms with E-state index in [1.807, 2.05) is 25.3 Å². The number of aromatic nitrogens is 1. The van der Waals surface area contributed by atoms with Crippen LogP contribution in [0.2, 0.25) is 0 Å².